The third-order valence-corrected chi connectivity index (χ3v) is 1.68. The zero-order chi connectivity index (χ0) is 8.69. The van der Waals surface area contributed by atoms with Crippen molar-refractivity contribution in [1.82, 2.24) is 4.90 Å². The van der Waals surface area contributed by atoms with E-state index in [4.69, 9.17) is 4.74 Å². The van der Waals surface area contributed by atoms with E-state index in [1.165, 1.54) is 13.0 Å². The second-order valence-electron chi connectivity index (χ2n) is 2.82. The van der Waals surface area contributed by atoms with Crippen molar-refractivity contribution in [3.05, 3.63) is 12.7 Å². The first-order valence-corrected chi connectivity index (χ1v) is 4.03. The zero-order valence-corrected chi connectivity index (χ0v) is 7.84. The molecule has 0 radical (unpaired) electrons. The summed E-state index contributed by atoms with van der Waals surface area (Å²) >= 11 is 0. The number of allylic oxidation sites excluding steroid dienone is 1. The van der Waals surface area contributed by atoms with Crippen LogP contribution in [0.15, 0.2) is 12.7 Å². The Morgan fingerprint density at radius 1 is 1.64 bits per heavy atom. The summed E-state index contributed by atoms with van der Waals surface area (Å²) in [5, 5.41) is 0. The lowest BCUT2D eigenvalue weighted by Crippen LogP contribution is -2.17. The summed E-state index contributed by atoms with van der Waals surface area (Å²) in [6, 6.07) is 0. The number of hydrogen-bond donors (Lipinski definition) is 0. The van der Waals surface area contributed by atoms with Gasteiger partial charge in [-0.1, -0.05) is 6.08 Å². The Morgan fingerprint density at radius 3 is 2.36 bits per heavy atom. The molecule has 66 valence electrons. The summed E-state index contributed by atoms with van der Waals surface area (Å²) in [5.41, 5.74) is 0. The van der Waals surface area contributed by atoms with Gasteiger partial charge in [-0.05, 0) is 20.4 Å². The van der Waals surface area contributed by atoms with Crippen molar-refractivity contribution >= 4 is 0 Å². The molecule has 0 saturated carbocycles. The van der Waals surface area contributed by atoms with Crippen LogP contribution in [0.5, 0.6) is 0 Å². The molecule has 0 unspecified atom stereocenters. The summed E-state index contributed by atoms with van der Waals surface area (Å²) in [7, 11) is 3.91. The second-order valence-corrected chi connectivity index (χ2v) is 2.82. The number of methoxy groups -OCH3 is 1. The largest absolute Gasteiger partial charge is 0.380 e. The maximum Gasteiger partial charge on any atom is 0.0710 e. The summed E-state index contributed by atoms with van der Waals surface area (Å²) in [4.78, 5) is 2.29. The van der Waals surface area contributed by atoms with Gasteiger partial charge in [0.1, 0.15) is 0 Å². The number of likely N-dealkylation sites (N-methyl/N-ethyl adjacent to an activating group) is 1. The highest BCUT2D eigenvalue weighted by Crippen LogP contribution is 2.07. The predicted octanol–water partition coefficient (Wildman–Crippen LogP) is 1.53. The molecule has 1 rings (SSSR count). The first-order valence-electron chi connectivity index (χ1n) is 4.03. The third-order valence-electron chi connectivity index (χ3n) is 1.68. The van der Waals surface area contributed by atoms with Crippen LogP contribution in [0, 0.1) is 0 Å². The van der Waals surface area contributed by atoms with E-state index in [-0.39, 0.29) is 0 Å². The van der Waals surface area contributed by atoms with Crippen molar-refractivity contribution in [1.29, 1.82) is 0 Å². The van der Waals surface area contributed by atoms with E-state index in [1.54, 1.807) is 13.2 Å². The molecule has 0 aliphatic carbocycles. The first kappa shape index (κ1) is 10.7. The Hall–Kier alpha value is -0.340. The molecule has 1 aliphatic heterocycles. The molecule has 0 aromatic rings. The van der Waals surface area contributed by atoms with Gasteiger partial charge in [0.05, 0.1) is 6.10 Å². The molecule has 0 aromatic carbocycles. The molecule has 2 heteroatoms. The van der Waals surface area contributed by atoms with Crippen LogP contribution in [-0.2, 0) is 4.74 Å². The fourth-order valence-corrected chi connectivity index (χ4v) is 1.09. The van der Waals surface area contributed by atoms with E-state index < -0.39 is 0 Å². The molecule has 0 bridgehead atoms. The number of likely N-dealkylation sites (tertiary alicyclic amines) is 1. The standard InChI is InChI=1S/C6H13NO.C3H6/c1-7-4-3-6(5-7)8-2;1-3-2/h6H,3-5H2,1-2H3;3H,1H2,2H3/t6-;/m0./s1. The van der Waals surface area contributed by atoms with Crippen LogP contribution in [0.4, 0.5) is 0 Å². The molecule has 0 aromatic heterocycles. The highest BCUT2D eigenvalue weighted by Gasteiger charge is 2.17. The van der Waals surface area contributed by atoms with Crippen molar-refractivity contribution in [3.63, 3.8) is 0 Å². The highest BCUT2D eigenvalue weighted by atomic mass is 16.5. The molecule has 1 atom stereocenters. The normalized spacial score (nSPS) is 24.1. The van der Waals surface area contributed by atoms with E-state index in [0.29, 0.717) is 6.10 Å². The lowest BCUT2D eigenvalue weighted by Gasteiger charge is -2.06. The van der Waals surface area contributed by atoms with Gasteiger partial charge in [-0.15, -0.1) is 6.58 Å². The van der Waals surface area contributed by atoms with E-state index in [2.05, 4.69) is 18.5 Å². The average Bonchev–Trinajstić information content (AvgIpc) is 2.37. The van der Waals surface area contributed by atoms with E-state index in [1.807, 2.05) is 6.92 Å². The fourth-order valence-electron chi connectivity index (χ4n) is 1.09. The molecule has 11 heavy (non-hydrogen) atoms. The van der Waals surface area contributed by atoms with Gasteiger partial charge in [0.15, 0.2) is 0 Å². The molecule has 1 fully saturated rings. The third kappa shape index (κ3) is 4.99. The minimum atomic E-state index is 0.500. The number of nitrogens with zero attached hydrogens (tertiary/aromatic N) is 1. The quantitative estimate of drug-likeness (QED) is 0.535. The maximum absolute atomic E-state index is 5.14. The predicted molar refractivity (Wildman–Crippen MR) is 48.8 cm³/mol. The van der Waals surface area contributed by atoms with Crippen LogP contribution in [-0.4, -0.2) is 38.3 Å². The van der Waals surface area contributed by atoms with Crippen LogP contribution in [0.3, 0.4) is 0 Å². The molecular formula is C9H19NO. The summed E-state index contributed by atoms with van der Waals surface area (Å²) in [6.07, 6.45) is 3.45. The van der Waals surface area contributed by atoms with Crippen LogP contribution >= 0.6 is 0 Å². The van der Waals surface area contributed by atoms with Gasteiger partial charge in [0.2, 0.25) is 0 Å². The molecular weight excluding hydrogens is 138 g/mol. The summed E-state index contributed by atoms with van der Waals surface area (Å²) < 4.78 is 5.14. The maximum atomic E-state index is 5.14. The monoisotopic (exact) mass is 157 g/mol. The van der Waals surface area contributed by atoms with E-state index >= 15 is 0 Å². The van der Waals surface area contributed by atoms with Gasteiger partial charge in [-0.3, -0.25) is 0 Å². The van der Waals surface area contributed by atoms with Crippen LogP contribution in [0.1, 0.15) is 13.3 Å². The Bertz CT molecular complexity index is 104. The van der Waals surface area contributed by atoms with Gasteiger partial charge in [-0.25, -0.2) is 0 Å². The minimum absolute atomic E-state index is 0.500. The lowest BCUT2D eigenvalue weighted by atomic mass is 10.3. The SMILES string of the molecule is C=CC.CO[C@H]1CCN(C)C1. The minimum Gasteiger partial charge on any atom is -0.380 e. The van der Waals surface area contributed by atoms with Crippen molar-refractivity contribution in [2.45, 2.75) is 19.4 Å². The molecule has 1 saturated heterocycles. The van der Waals surface area contributed by atoms with Crippen molar-refractivity contribution in [3.8, 4) is 0 Å². The number of ether oxygens (including phenoxy) is 1. The van der Waals surface area contributed by atoms with E-state index in [9.17, 15) is 0 Å². The topological polar surface area (TPSA) is 12.5 Å². The average molecular weight is 157 g/mol. The van der Waals surface area contributed by atoms with Crippen molar-refractivity contribution in [2.24, 2.45) is 0 Å². The van der Waals surface area contributed by atoms with Gasteiger partial charge in [0.25, 0.3) is 0 Å². The number of rotatable bonds is 1. The molecule has 0 spiro atoms. The van der Waals surface area contributed by atoms with Gasteiger partial charge >= 0.3 is 0 Å². The summed E-state index contributed by atoms with van der Waals surface area (Å²) in [6.45, 7) is 7.55. The second kappa shape index (κ2) is 6.38. The van der Waals surface area contributed by atoms with E-state index in [0.717, 1.165) is 6.54 Å². The van der Waals surface area contributed by atoms with Crippen LogP contribution in [0.2, 0.25) is 0 Å². The molecule has 1 aliphatic rings. The Labute approximate surface area is 69.8 Å². The fraction of sp³-hybridized carbons (Fsp3) is 0.778. The lowest BCUT2D eigenvalue weighted by molar-refractivity contribution is 0.111. The molecule has 0 amide bonds. The van der Waals surface area contributed by atoms with Crippen LogP contribution in [0.25, 0.3) is 0 Å². The smallest absolute Gasteiger partial charge is 0.0710 e. The molecule has 1 heterocycles. The zero-order valence-electron chi connectivity index (χ0n) is 7.84. The van der Waals surface area contributed by atoms with Gasteiger partial charge in [-0.2, -0.15) is 0 Å². The first-order chi connectivity index (χ1) is 5.24. The Kier molecular flexibility index (Phi) is 6.18. The Balaban J connectivity index is 0.000000292. The molecule has 0 N–H and O–H groups in total. The molecule has 2 nitrogen and oxygen atoms in total. The summed E-state index contributed by atoms with van der Waals surface area (Å²) in [5.74, 6) is 0. The van der Waals surface area contributed by atoms with Crippen molar-refractivity contribution < 1.29 is 4.74 Å². The van der Waals surface area contributed by atoms with Crippen molar-refractivity contribution in [2.75, 3.05) is 27.2 Å². The van der Waals surface area contributed by atoms with Crippen LogP contribution < -0.4 is 0 Å². The van der Waals surface area contributed by atoms with Gasteiger partial charge < -0.3 is 9.64 Å². The highest BCUT2D eigenvalue weighted by molar-refractivity contribution is 4.71. The van der Waals surface area contributed by atoms with Gasteiger partial charge in [0, 0.05) is 20.2 Å². The Morgan fingerprint density at radius 2 is 2.18 bits per heavy atom. The number of hydrogen-bond acceptors (Lipinski definition) is 2.